The summed E-state index contributed by atoms with van der Waals surface area (Å²) >= 11 is 3.37. The molecule has 2 aromatic carbocycles. The number of fused-ring (bicyclic) bond motifs is 1. The van der Waals surface area contributed by atoms with E-state index in [0.717, 1.165) is 28.6 Å². The van der Waals surface area contributed by atoms with E-state index in [1.807, 2.05) is 43.3 Å². The van der Waals surface area contributed by atoms with E-state index in [1.165, 1.54) is 0 Å². The van der Waals surface area contributed by atoms with Gasteiger partial charge in [-0.25, -0.2) is 8.42 Å². The summed E-state index contributed by atoms with van der Waals surface area (Å²) in [5, 5.41) is 0.719. The van der Waals surface area contributed by atoms with E-state index in [2.05, 4.69) is 15.9 Å². The summed E-state index contributed by atoms with van der Waals surface area (Å²) in [7, 11) is -3.51. The van der Waals surface area contributed by atoms with Crippen molar-refractivity contribution in [2.45, 2.75) is 29.6 Å². The van der Waals surface area contributed by atoms with Gasteiger partial charge in [0, 0.05) is 11.4 Å². The van der Waals surface area contributed by atoms with Crippen molar-refractivity contribution in [2.75, 3.05) is 4.31 Å². The van der Waals surface area contributed by atoms with Crippen molar-refractivity contribution in [2.24, 2.45) is 0 Å². The molecule has 1 heterocycles. The van der Waals surface area contributed by atoms with Crippen LogP contribution in [0.3, 0.4) is 0 Å². The fourth-order valence-corrected chi connectivity index (χ4v) is 4.83. The topological polar surface area (TPSA) is 37.4 Å². The highest BCUT2D eigenvalue weighted by molar-refractivity contribution is 9.08. The van der Waals surface area contributed by atoms with E-state index in [1.54, 1.807) is 16.4 Å². The standard InChI is InChI=1S/C16H16BrNO2S/c1-12-10-14-4-2-3-5-16(14)18(12)21(19,20)15-8-6-13(11-17)7-9-15/h2-9,12H,10-11H2,1H3. The van der Waals surface area contributed by atoms with Gasteiger partial charge >= 0.3 is 0 Å². The normalized spacial score (nSPS) is 17.8. The molecule has 0 N–H and O–H groups in total. The quantitative estimate of drug-likeness (QED) is 0.777. The molecule has 0 bridgehead atoms. The molecule has 0 fully saturated rings. The summed E-state index contributed by atoms with van der Waals surface area (Å²) in [5.74, 6) is 0. The molecule has 1 atom stereocenters. The van der Waals surface area contributed by atoms with Crippen molar-refractivity contribution in [3.8, 4) is 0 Å². The van der Waals surface area contributed by atoms with Gasteiger partial charge in [0.15, 0.2) is 0 Å². The maximum absolute atomic E-state index is 12.9. The second-order valence-electron chi connectivity index (χ2n) is 5.26. The Bertz CT molecular complexity index is 756. The Hall–Kier alpha value is -1.33. The summed E-state index contributed by atoms with van der Waals surface area (Å²) in [5.41, 5.74) is 2.95. The van der Waals surface area contributed by atoms with Crippen LogP contribution in [-0.2, 0) is 21.8 Å². The number of alkyl halides is 1. The number of halogens is 1. The molecule has 1 aliphatic rings. The third-order valence-electron chi connectivity index (χ3n) is 3.78. The van der Waals surface area contributed by atoms with Gasteiger partial charge in [-0.1, -0.05) is 46.3 Å². The highest BCUT2D eigenvalue weighted by Crippen LogP contribution is 2.36. The SMILES string of the molecule is CC1Cc2ccccc2N1S(=O)(=O)c1ccc(CBr)cc1. The molecular formula is C16H16BrNO2S. The van der Waals surface area contributed by atoms with Crippen LogP contribution in [0.15, 0.2) is 53.4 Å². The molecule has 0 amide bonds. The average molecular weight is 366 g/mol. The maximum atomic E-state index is 12.9. The lowest BCUT2D eigenvalue weighted by Crippen LogP contribution is -2.35. The lowest BCUT2D eigenvalue weighted by atomic mass is 10.1. The van der Waals surface area contributed by atoms with Gasteiger partial charge in [-0.3, -0.25) is 4.31 Å². The fraction of sp³-hybridized carbons (Fsp3) is 0.250. The first kappa shape index (κ1) is 14.6. The van der Waals surface area contributed by atoms with E-state index in [-0.39, 0.29) is 6.04 Å². The number of para-hydroxylation sites is 1. The number of anilines is 1. The van der Waals surface area contributed by atoms with Crippen LogP contribution in [0.25, 0.3) is 0 Å². The molecule has 0 aromatic heterocycles. The Morgan fingerprint density at radius 2 is 1.81 bits per heavy atom. The monoisotopic (exact) mass is 365 g/mol. The fourth-order valence-electron chi connectivity index (χ4n) is 2.77. The predicted molar refractivity (Wildman–Crippen MR) is 88.3 cm³/mol. The zero-order valence-corrected chi connectivity index (χ0v) is 14.1. The number of hydrogen-bond donors (Lipinski definition) is 0. The van der Waals surface area contributed by atoms with Crippen LogP contribution in [0, 0.1) is 0 Å². The third kappa shape index (κ3) is 2.49. The van der Waals surface area contributed by atoms with Gasteiger partial charge in [0.05, 0.1) is 10.6 Å². The van der Waals surface area contributed by atoms with Gasteiger partial charge in [0.2, 0.25) is 0 Å². The van der Waals surface area contributed by atoms with Crippen molar-refractivity contribution in [3.05, 3.63) is 59.7 Å². The van der Waals surface area contributed by atoms with Gasteiger partial charge < -0.3 is 0 Å². The van der Waals surface area contributed by atoms with Crippen molar-refractivity contribution in [3.63, 3.8) is 0 Å². The van der Waals surface area contributed by atoms with Crippen molar-refractivity contribution < 1.29 is 8.42 Å². The minimum atomic E-state index is -3.51. The van der Waals surface area contributed by atoms with Crippen molar-refractivity contribution >= 4 is 31.6 Å². The first-order valence-corrected chi connectivity index (χ1v) is 9.37. The number of rotatable bonds is 3. The van der Waals surface area contributed by atoms with Crippen LogP contribution in [0.2, 0.25) is 0 Å². The predicted octanol–water partition coefficient (Wildman–Crippen LogP) is 3.72. The average Bonchev–Trinajstić information content (AvgIpc) is 2.83. The molecule has 21 heavy (non-hydrogen) atoms. The molecule has 110 valence electrons. The molecule has 1 aliphatic heterocycles. The van der Waals surface area contributed by atoms with Crippen molar-refractivity contribution in [1.82, 2.24) is 0 Å². The molecule has 2 aromatic rings. The molecule has 3 rings (SSSR count). The van der Waals surface area contributed by atoms with Gasteiger partial charge in [0.1, 0.15) is 0 Å². The summed E-state index contributed by atoms with van der Waals surface area (Å²) in [6, 6.07) is 14.7. The minimum absolute atomic E-state index is 0.0525. The van der Waals surface area contributed by atoms with Crippen molar-refractivity contribution in [1.29, 1.82) is 0 Å². The second kappa shape index (κ2) is 5.46. The minimum Gasteiger partial charge on any atom is -0.263 e. The molecule has 0 radical (unpaired) electrons. The molecule has 3 nitrogen and oxygen atoms in total. The van der Waals surface area contributed by atoms with E-state index in [9.17, 15) is 8.42 Å². The van der Waals surface area contributed by atoms with Gasteiger partial charge in [-0.2, -0.15) is 0 Å². The summed E-state index contributed by atoms with van der Waals surface area (Å²) in [6.45, 7) is 1.95. The molecule has 0 aliphatic carbocycles. The number of nitrogens with zero attached hydrogens (tertiary/aromatic N) is 1. The number of sulfonamides is 1. The van der Waals surface area contributed by atoms with Crippen LogP contribution in [-0.4, -0.2) is 14.5 Å². The van der Waals surface area contributed by atoms with E-state index in [0.29, 0.717) is 4.90 Å². The highest BCUT2D eigenvalue weighted by atomic mass is 79.9. The lowest BCUT2D eigenvalue weighted by Gasteiger charge is -2.24. The lowest BCUT2D eigenvalue weighted by molar-refractivity contribution is 0.584. The number of benzene rings is 2. The summed E-state index contributed by atoms with van der Waals surface area (Å²) in [4.78, 5) is 0.343. The summed E-state index contributed by atoms with van der Waals surface area (Å²) in [6.07, 6.45) is 0.759. The number of hydrogen-bond acceptors (Lipinski definition) is 2. The molecule has 5 heteroatoms. The Labute approximate surface area is 133 Å². The zero-order valence-electron chi connectivity index (χ0n) is 11.7. The molecule has 0 spiro atoms. The van der Waals surface area contributed by atoms with Gasteiger partial charge in [0.25, 0.3) is 10.0 Å². The largest absolute Gasteiger partial charge is 0.264 e. The maximum Gasteiger partial charge on any atom is 0.264 e. The van der Waals surface area contributed by atoms with E-state index in [4.69, 9.17) is 0 Å². The van der Waals surface area contributed by atoms with Crippen LogP contribution >= 0.6 is 15.9 Å². The van der Waals surface area contributed by atoms with E-state index >= 15 is 0 Å². The second-order valence-corrected chi connectivity index (χ2v) is 7.64. The molecular weight excluding hydrogens is 350 g/mol. The first-order valence-electron chi connectivity index (χ1n) is 6.81. The Morgan fingerprint density at radius 1 is 1.14 bits per heavy atom. The Morgan fingerprint density at radius 3 is 2.48 bits per heavy atom. The smallest absolute Gasteiger partial charge is 0.263 e. The Balaban J connectivity index is 2.05. The van der Waals surface area contributed by atoms with Crippen LogP contribution in [0.4, 0.5) is 5.69 Å². The van der Waals surface area contributed by atoms with Gasteiger partial charge in [-0.05, 0) is 42.7 Å². The molecule has 0 saturated heterocycles. The first-order chi connectivity index (χ1) is 10.0. The summed E-state index contributed by atoms with van der Waals surface area (Å²) < 4.78 is 27.4. The van der Waals surface area contributed by atoms with Crippen LogP contribution in [0.5, 0.6) is 0 Å². The van der Waals surface area contributed by atoms with Crippen LogP contribution in [0.1, 0.15) is 18.1 Å². The van der Waals surface area contributed by atoms with E-state index < -0.39 is 10.0 Å². The Kier molecular flexibility index (Phi) is 3.80. The highest BCUT2D eigenvalue weighted by Gasteiger charge is 2.35. The molecule has 1 unspecified atom stereocenters. The zero-order chi connectivity index (χ0) is 15.0. The van der Waals surface area contributed by atoms with Gasteiger partial charge in [-0.15, -0.1) is 0 Å². The van der Waals surface area contributed by atoms with Crippen LogP contribution < -0.4 is 4.31 Å². The molecule has 0 saturated carbocycles. The third-order valence-corrected chi connectivity index (χ3v) is 6.37.